The summed E-state index contributed by atoms with van der Waals surface area (Å²) >= 11 is 0. The van der Waals surface area contributed by atoms with Gasteiger partial charge >= 0.3 is 0 Å². The van der Waals surface area contributed by atoms with Gasteiger partial charge in [-0.1, -0.05) is 18.2 Å². The number of carbonyl (C=O) groups excluding carboxylic acids is 2. The minimum atomic E-state index is -0.236. The summed E-state index contributed by atoms with van der Waals surface area (Å²) in [6.07, 6.45) is 0. The average molecular weight is 310 g/mol. The van der Waals surface area contributed by atoms with Gasteiger partial charge in [0.15, 0.2) is 6.61 Å². The van der Waals surface area contributed by atoms with E-state index in [1.54, 1.807) is 12.1 Å². The molecular formula is C18H18N2O3. The van der Waals surface area contributed by atoms with Gasteiger partial charge in [0, 0.05) is 5.69 Å². The molecular weight excluding hydrogens is 292 g/mol. The zero-order valence-electron chi connectivity index (χ0n) is 13.1. The van der Waals surface area contributed by atoms with Gasteiger partial charge in [-0.25, -0.2) is 0 Å². The number of nitrogens with zero attached hydrogens (tertiary/aromatic N) is 1. The Bertz CT molecular complexity index is 750. The second kappa shape index (κ2) is 6.12. The summed E-state index contributed by atoms with van der Waals surface area (Å²) in [6.45, 7) is 3.87. The third-order valence-electron chi connectivity index (χ3n) is 3.62. The van der Waals surface area contributed by atoms with Crippen molar-refractivity contribution in [2.75, 3.05) is 23.4 Å². The van der Waals surface area contributed by atoms with Crippen molar-refractivity contribution < 1.29 is 14.3 Å². The highest BCUT2D eigenvalue weighted by atomic mass is 16.5. The molecule has 1 heterocycles. The first-order chi connectivity index (χ1) is 11.0. The van der Waals surface area contributed by atoms with Crippen molar-refractivity contribution >= 4 is 23.2 Å². The fraction of sp³-hybridized carbons (Fsp3) is 0.222. The summed E-state index contributed by atoms with van der Waals surface area (Å²) in [7, 11) is 0. The molecule has 0 aliphatic carbocycles. The summed E-state index contributed by atoms with van der Waals surface area (Å²) in [4.78, 5) is 25.8. The molecule has 1 aliphatic rings. The van der Waals surface area contributed by atoms with Crippen LogP contribution >= 0.6 is 0 Å². The molecule has 5 nitrogen and oxygen atoms in total. The van der Waals surface area contributed by atoms with E-state index in [4.69, 9.17) is 4.74 Å². The van der Waals surface area contributed by atoms with Gasteiger partial charge in [-0.05, 0) is 49.2 Å². The molecule has 1 aliphatic heterocycles. The van der Waals surface area contributed by atoms with Gasteiger partial charge in [0.05, 0.1) is 5.69 Å². The zero-order valence-corrected chi connectivity index (χ0v) is 13.1. The van der Waals surface area contributed by atoms with Crippen molar-refractivity contribution in [3.8, 4) is 5.75 Å². The number of amides is 2. The smallest absolute Gasteiger partial charge is 0.265 e. The normalized spacial score (nSPS) is 13.3. The molecule has 2 aromatic rings. The highest BCUT2D eigenvalue weighted by molar-refractivity contribution is 6.04. The van der Waals surface area contributed by atoms with Gasteiger partial charge in [0.2, 0.25) is 5.91 Å². The first-order valence-electron chi connectivity index (χ1n) is 7.43. The lowest BCUT2D eigenvalue weighted by molar-refractivity contribution is -0.123. The second-order valence-corrected chi connectivity index (χ2v) is 5.66. The van der Waals surface area contributed by atoms with Gasteiger partial charge in [0.25, 0.3) is 5.91 Å². The summed E-state index contributed by atoms with van der Waals surface area (Å²) in [5, 5.41) is 2.85. The number of para-hydroxylation sites is 2. The Kier molecular flexibility index (Phi) is 4.02. The maximum atomic E-state index is 12.3. The minimum absolute atomic E-state index is 0.0355. The van der Waals surface area contributed by atoms with Crippen LogP contribution in [0.4, 0.5) is 11.4 Å². The van der Waals surface area contributed by atoms with Crippen LogP contribution in [0.3, 0.4) is 0 Å². The molecule has 0 saturated carbocycles. The van der Waals surface area contributed by atoms with E-state index < -0.39 is 0 Å². The van der Waals surface area contributed by atoms with Crippen LogP contribution in [0.5, 0.6) is 5.75 Å². The molecule has 0 bridgehead atoms. The number of nitrogens with one attached hydrogen (secondary N) is 1. The largest absolute Gasteiger partial charge is 0.482 e. The Morgan fingerprint density at radius 2 is 1.87 bits per heavy atom. The van der Waals surface area contributed by atoms with E-state index in [0.29, 0.717) is 11.4 Å². The number of benzene rings is 2. The SMILES string of the molecule is Cc1cc(C)cc(NC(=O)CN2C(=O)COc3ccccc32)c1. The molecule has 3 rings (SSSR count). The maximum absolute atomic E-state index is 12.3. The monoisotopic (exact) mass is 310 g/mol. The molecule has 1 N–H and O–H groups in total. The average Bonchev–Trinajstić information content (AvgIpc) is 2.49. The lowest BCUT2D eigenvalue weighted by Crippen LogP contribution is -2.43. The minimum Gasteiger partial charge on any atom is -0.482 e. The number of ether oxygens (including phenoxy) is 1. The molecule has 0 saturated heterocycles. The molecule has 118 valence electrons. The predicted octanol–water partition coefficient (Wildman–Crippen LogP) is 2.67. The van der Waals surface area contributed by atoms with Crippen molar-refractivity contribution in [1.29, 1.82) is 0 Å². The summed E-state index contributed by atoms with van der Waals surface area (Å²) < 4.78 is 5.37. The van der Waals surface area contributed by atoms with Crippen LogP contribution in [0.1, 0.15) is 11.1 Å². The van der Waals surface area contributed by atoms with Crippen LogP contribution in [0, 0.1) is 13.8 Å². The Labute approximate surface area is 134 Å². The van der Waals surface area contributed by atoms with Crippen LogP contribution in [0.25, 0.3) is 0 Å². The Morgan fingerprint density at radius 1 is 1.17 bits per heavy atom. The summed E-state index contributed by atoms with van der Waals surface area (Å²) in [5.41, 5.74) is 3.52. The maximum Gasteiger partial charge on any atom is 0.265 e. The lowest BCUT2D eigenvalue weighted by Gasteiger charge is -2.28. The Balaban J connectivity index is 1.76. The third kappa shape index (κ3) is 3.34. The topological polar surface area (TPSA) is 58.6 Å². The highest BCUT2D eigenvalue weighted by Crippen LogP contribution is 2.31. The van der Waals surface area contributed by atoms with Gasteiger partial charge in [-0.15, -0.1) is 0 Å². The van der Waals surface area contributed by atoms with Crippen molar-refractivity contribution in [2.45, 2.75) is 13.8 Å². The fourth-order valence-corrected chi connectivity index (χ4v) is 2.72. The Morgan fingerprint density at radius 3 is 2.61 bits per heavy atom. The van der Waals surface area contributed by atoms with Crippen LogP contribution in [0.15, 0.2) is 42.5 Å². The number of hydrogen-bond acceptors (Lipinski definition) is 3. The summed E-state index contributed by atoms with van der Waals surface area (Å²) in [6, 6.07) is 13.1. The Hall–Kier alpha value is -2.82. The number of hydrogen-bond donors (Lipinski definition) is 1. The van der Waals surface area contributed by atoms with Gasteiger partial charge < -0.3 is 10.1 Å². The summed E-state index contributed by atoms with van der Waals surface area (Å²) in [5.74, 6) is 0.158. The van der Waals surface area contributed by atoms with Gasteiger partial charge in [0.1, 0.15) is 12.3 Å². The number of aryl methyl sites for hydroxylation is 2. The van der Waals surface area contributed by atoms with Crippen molar-refractivity contribution in [1.82, 2.24) is 0 Å². The molecule has 0 aromatic heterocycles. The first-order valence-corrected chi connectivity index (χ1v) is 7.43. The van der Waals surface area contributed by atoms with E-state index in [2.05, 4.69) is 5.32 Å². The molecule has 2 amide bonds. The van der Waals surface area contributed by atoms with E-state index in [-0.39, 0.29) is 25.0 Å². The van der Waals surface area contributed by atoms with E-state index in [9.17, 15) is 9.59 Å². The van der Waals surface area contributed by atoms with Crippen molar-refractivity contribution in [3.63, 3.8) is 0 Å². The molecule has 0 radical (unpaired) electrons. The molecule has 5 heteroatoms. The second-order valence-electron chi connectivity index (χ2n) is 5.66. The molecule has 0 spiro atoms. The number of carbonyl (C=O) groups is 2. The van der Waals surface area contributed by atoms with Gasteiger partial charge in [-0.3, -0.25) is 14.5 Å². The zero-order chi connectivity index (χ0) is 16.4. The molecule has 0 fully saturated rings. The number of anilines is 2. The molecule has 0 unspecified atom stereocenters. The van der Waals surface area contributed by atoms with E-state index in [1.165, 1.54) is 4.90 Å². The van der Waals surface area contributed by atoms with Crippen LogP contribution < -0.4 is 15.0 Å². The number of fused-ring (bicyclic) bond motifs is 1. The van der Waals surface area contributed by atoms with E-state index >= 15 is 0 Å². The quantitative estimate of drug-likeness (QED) is 0.948. The van der Waals surface area contributed by atoms with Crippen LogP contribution in [0.2, 0.25) is 0 Å². The molecule has 0 atom stereocenters. The lowest BCUT2D eigenvalue weighted by atomic mass is 10.1. The van der Waals surface area contributed by atoms with E-state index in [1.807, 2.05) is 44.2 Å². The fourth-order valence-electron chi connectivity index (χ4n) is 2.72. The standard InChI is InChI=1S/C18H18N2O3/c1-12-7-13(2)9-14(8-12)19-17(21)10-20-15-5-3-4-6-16(15)23-11-18(20)22/h3-9H,10-11H2,1-2H3,(H,19,21). The van der Waals surface area contributed by atoms with E-state index in [0.717, 1.165) is 16.8 Å². The van der Waals surface area contributed by atoms with Crippen molar-refractivity contribution in [3.05, 3.63) is 53.6 Å². The predicted molar refractivity (Wildman–Crippen MR) is 88.8 cm³/mol. The third-order valence-corrected chi connectivity index (χ3v) is 3.62. The van der Waals surface area contributed by atoms with Crippen molar-refractivity contribution in [2.24, 2.45) is 0 Å². The number of rotatable bonds is 3. The van der Waals surface area contributed by atoms with Crippen LogP contribution in [-0.4, -0.2) is 25.0 Å². The first kappa shape index (κ1) is 15.1. The molecule has 2 aromatic carbocycles. The highest BCUT2D eigenvalue weighted by Gasteiger charge is 2.26. The molecule has 23 heavy (non-hydrogen) atoms. The van der Waals surface area contributed by atoms with Gasteiger partial charge in [-0.2, -0.15) is 0 Å². The van der Waals surface area contributed by atoms with Crippen LogP contribution in [-0.2, 0) is 9.59 Å².